The smallest absolute Gasteiger partial charge is 0.0412 e. The molecular weight excluding hydrogens is 196 g/mol. The van der Waals surface area contributed by atoms with E-state index in [2.05, 4.69) is 30.1 Å². The zero-order valence-corrected chi connectivity index (χ0v) is 9.64. The zero-order valence-electron chi connectivity index (χ0n) is 9.64. The highest BCUT2D eigenvalue weighted by Gasteiger charge is 2.04. The molecule has 0 spiro atoms. The molecule has 0 aromatic heterocycles. The van der Waals surface area contributed by atoms with Crippen LogP contribution in [0, 0.1) is 6.92 Å². The van der Waals surface area contributed by atoms with E-state index >= 15 is 0 Å². The molecule has 2 aromatic rings. The summed E-state index contributed by atoms with van der Waals surface area (Å²) in [4.78, 5) is 2.15. The van der Waals surface area contributed by atoms with Crippen molar-refractivity contribution in [3.63, 3.8) is 0 Å². The Bertz CT molecular complexity index is 477. The molecule has 2 aromatic carbocycles. The minimum absolute atomic E-state index is 0.838. The average Bonchev–Trinajstić information content (AvgIpc) is 2.33. The Morgan fingerprint density at radius 2 is 1.62 bits per heavy atom. The largest absolute Gasteiger partial charge is 0.399 e. The van der Waals surface area contributed by atoms with Crippen LogP contribution in [0.4, 0.5) is 17.1 Å². The molecule has 0 aliphatic rings. The molecular formula is C14H16N2. The number of aryl methyl sites for hydroxylation is 1. The van der Waals surface area contributed by atoms with E-state index in [1.807, 2.05) is 37.3 Å². The van der Waals surface area contributed by atoms with Gasteiger partial charge in [-0.2, -0.15) is 0 Å². The van der Waals surface area contributed by atoms with Gasteiger partial charge in [-0.25, -0.2) is 0 Å². The first-order valence-corrected chi connectivity index (χ1v) is 5.33. The Balaban J connectivity index is 2.34. The maximum Gasteiger partial charge on any atom is 0.0412 e. The molecule has 82 valence electrons. The number of hydrogen-bond donors (Lipinski definition) is 1. The molecule has 0 fully saturated rings. The Kier molecular flexibility index (Phi) is 2.82. The minimum Gasteiger partial charge on any atom is -0.399 e. The van der Waals surface area contributed by atoms with Gasteiger partial charge in [0.2, 0.25) is 0 Å². The summed E-state index contributed by atoms with van der Waals surface area (Å²) in [6, 6.07) is 16.4. The number of nitrogen functional groups attached to an aromatic ring is 1. The van der Waals surface area contributed by atoms with Crippen LogP contribution in [0.3, 0.4) is 0 Å². The van der Waals surface area contributed by atoms with Crippen molar-refractivity contribution in [3.8, 4) is 0 Å². The van der Waals surface area contributed by atoms with Crippen molar-refractivity contribution < 1.29 is 0 Å². The van der Waals surface area contributed by atoms with Gasteiger partial charge in [-0.05, 0) is 42.8 Å². The Morgan fingerprint density at radius 3 is 2.25 bits per heavy atom. The van der Waals surface area contributed by atoms with Crippen LogP contribution in [0.5, 0.6) is 0 Å². The van der Waals surface area contributed by atoms with Gasteiger partial charge in [0.15, 0.2) is 0 Å². The third kappa shape index (κ3) is 2.01. The Labute approximate surface area is 96.3 Å². The van der Waals surface area contributed by atoms with Crippen LogP contribution < -0.4 is 10.6 Å². The predicted molar refractivity (Wildman–Crippen MR) is 70.1 cm³/mol. The molecule has 2 rings (SSSR count). The van der Waals surface area contributed by atoms with Gasteiger partial charge in [0.05, 0.1) is 0 Å². The summed E-state index contributed by atoms with van der Waals surface area (Å²) in [6.07, 6.45) is 0. The summed E-state index contributed by atoms with van der Waals surface area (Å²) in [7, 11) is 2.06. The SMILES string of the molecule is Cc1cc(N(C)c2ccccc2)ccc1N. The van der Waals surface area contributed by atoms with Gasteiger partial charge in [-0.1, -0.05) is 18.2 Å². The molecule has 0 bridgehead atoms. The van der Waals surface area contributed by atoms with E-state index in [0.717, 1.165) is 16.9 Å². The molecule has 0 unspecified atom stereocenters. The van der Waals surface area contributed by atoms with Crippen LogP contribution in [0.25, 0.3) is 0 Å². The number of nitrogens with zero attached hydrogens (tertiary/aromatic N) is 1. The van der Waals surface area contributed by atoms with Gasteiger partial charge >= 0.3 is 0 Å². The Morgan fingerprint density at radius 1 is 0.938 bits per heavy atom. The monoisotopic (exact) mass is 212 g/mol. The summed E-state index contributed by atoms with van der Waals surface area (Å²) in [6.45, 7) is 2.03. The predicted octanol–water partition coefficient (Wildman–Crippen LogP) is 3.35. The van der Waals surface area contributed by atoms with Gasteiger partial charge in [-0.3, -0.25) is 0 Å². The third-order valence-electron chi connectivity index (χ3n) is 2.78. The molecule has 0 saturated carbocycles. The van der Waals surface area contributed by atoms with E-state index in [9.17, 15) is 0 Å². The average molecular weight is 212 g/mol. The van der Waals surface area contributed by atoms with Crippen molar-refractivity contribution >= 4 is 17.1 Å². The first-order valence-electron chi connectivity index (χ1n) is 5.33. The highest BCUT2D eigenvalue weighted by molar-refractivity contribution is 5.66. The highest BCUT2D eigenvalue weighted by Crippen LogP contribution is 2.25. The lowest BCUT2D eigenvalue weighted by Gasteiger charge is -2.20. The molecule has 2 N–H and O–H groups in total. The molecule has 0 aliphatic heterocycles. The second kappa shape index (κ2) is 4.27. The van der Waals surface area contributed by atoms with Crippen LogP contribution in [0.2, 0.25) is 0 Å². The zero-order chi connectivity index (χ0) is 11.5. The first-order chi connectivity index (χ1) is 7.68. The number of nitrogens with two attached hydrogens (primary N) is 1. The van der Waals surface area contributed by atoms with Crippen molar-refractivity contribution in [2.24, 2.45) is 0 Å². The minimum atomic E-state index is 0.838. The van der Waals surface area contributed by atoms with E-state index in [0.29, 0.717) is 0 Å². The molecule has 0 heterocycles. The van der Waals surface area contributed by atoms with E-state index in [4.69, 9.17) is 5.73 Å². The number of benzene rings is 2. The summed E-state index contributed by atoms with van der Waals surface area (Å²) in [5, 5.41) is 0. The van der Waals surface area contributed by atoms with E-state index < -0.39 is 0 Å². The first kappa shape index (κ1) is 10.6. The summed E-state index contributed by atoms with van der Waals surface area (Å²) in [5.41, 5.74) is 10.1. The Hall–Kier alpha value is -1.96. The molecule has 0 amide bonds. The fourth-order valence-electron chi connectivity index (χ4n) is 1.67. The summed E-state index contributed by atoms with van der Waals surface area (Å²) < 4.78 is 0. The van der Waals surface area contributed by atoms with Crippen molar-refractivity contribution in [2.75, 3.05) is 17.7 Å². The molecule has 2 heteroatoms. The van der Waals surface area contributed by atoms with Crippen molar-refractivity contribution in [2.45, 2.75) is 6.92 Å². The molecule has 0 atom stereocenters. The van der Waals surface area contributed by atoms with Crippen molar-refractivity contribution in [1.82, 2.24) is 0 Å². The second-order valence-electron chi connectivity index (χ2n) is 3.94. The second-order valence-corrected chi connectivity index (χ2v) is 3.94. The summed E-state index contributed by atoms with van der Waals surface area (Å²) >= 11 is 0. The van der Waals surface area contributed by atoms with Gasteiger partial charge in [-0.15, -0.1) is 0 Å². The van der Waals surface area contributed by atoms with Crippen LogP contribution >= 0.6 is 0 Å². The number of anilines is 3. The quantitative estimate of drug-likeness (QED) is 0.773. The van der Waals surface area contributed by atoms with Crippen molar-refractivity contribution in [3.05, 3.63) is 54.1 Å². The molecule has 0 aliphatic carbocycles. The van der Waals surface area contributed by atoms with E-state index in [1.165, 1.54) is 5.69 Å². The van der Waals surface area contributed by atoms with E-state index in [1.54, 1.807) is 0 Å². The fraction of sp³-hybridized carbons (Fsp3) is 0.143. The summed E-state index contributed by atoms with van der Waals surface area (Å²) in [5.74, 6) is 0. The van der Waals surface area contributed by atoms with E-state index in [-0.39, 0.29) is 0 Å². The maximum atomic E-state index is 5.81. The lowest BCUT2D eigenvalue weighted by molar-refractivity contribution is 1.20. The fourth-order valence-corrected chi connectivity index (χ4v) is 1.67. The molecule has 0 saturated heterocycles. The van der Waals surface area contributed by atoms with Crippen LogP contribution in [-0.4, -0.2) is 7.05 Å². The number of para-hydroxylation sites is 1. The normalized spacial score (nSPS) is 10.1. The van der Waals surface area contributed by atoms with Crippen LogP contribution in [-0.2, 0) is 0 Å². The molecule has 0 radical (unpaired) electrons. The number of rotatable bonds is 2. The number of hydrogen-bond acceptors (Lipinski definition) is 2. The van der Waals surface area contributed by atoms with Crippen LogP contribution in [0.1, 0.15) is 5.56 Å². The van der Waals surface area contributed by atoms with Crippen molar-refractivity contribution in [1.29, 1.82) is 0 Å². The van der Waals surface area contributed by atoms with Gasteiger partial charge in [0.25, 0.3) is 0 Å². The highest BCUT2D eigenvalue weighted by atomic mass is 15.1. The lowest BCUT2D eigenvalue weighted by atomic mass is 10.1. The lowest BCUT2D eigenvalue weighted by Crippen LogP contribution is -2.09. The van der Waals surface area contributed by atoms with Crippen LogP contribution in [0.15, 0.2) is 48.5 Å². The topological polar surface area (TPSA) is 29.3 Å². The van der Waals surface area contributed by atoms with Gasteiger partial charge in [0.1, 0.15) is 0 Å². The third-order valence-corrected chi connectivity index (χ3v) is 2.78. The molecule has 2 nitrogen and oxygen atoms in total. The van der Waals surface area contributed by atoms with Gasteiger partial charge < -0.3 is 10.6 Å². The maximum absolute atomic E-state index is 5.81. The van der Waals surface area contributed by atoms with Gasteiger partial charge in [0, 0.05) is 24.1 Å². The standard InChI is InChI=1S/C14H16N2/c1-11-10-13(8-9-14(11)15)16(2)12-6-4-3-5-7-12/h3-10H,15H2,1-2H3. The molecule has 16 heavy (non-hydrogen) atoms.